The molecule has 0 aromatic carbocycles. The minimum absolute atomic E-state index is 0.127. The summed E-state index contributed by atoms with van der Waals surface area (Å²) in [6, 6.07) is -0.681. The van der Waals surface area contributed by atoms with E-state index in [-0.39, 0.29) is 11.1 Å². The molecule has 3 atom stereocenters. The predicted octanol–water partition coefficient (Wildman–Crippen LogP) is 1.69. The van der Waals surface area contributed by atoms with Crippen molar-refractivity contribution in [2.24, 2.45) is 0 Å². The van der Waals surface area contributed by atoms with Crippen molar-refractivity contribution in [3.63, 3.8) is 0 Å². The first kappa shape index (κ1) is 20.3. The molecule has 0 saturated carbocycles. The maximum Gasteiger partial charge on any atom is 0.336 e. The first-order valence-corrected chi connectivity index (χ1v) is 7.05. The van der Waals surface area contributed by atoms with Gasteiger partial charge in [-0.05, 0) is 41.5 Å². The summed E-state index contributed by atoms with van der Waals surface area (Å²) in [5.41, 5.74) is -0.238. The molecule has 0 spiro atoms. The van der Waals surface area contributed by atoms with E-state index in [1.165, 1.54) is 13.8 Å². The van der Waals surface area contributed by atoms with Gasteiger partial charge in [-0.2, -0.15) is 0 Å². The SMILES string of the molecule is C=CC(=O)OC(OC(=O)C(=C)C)(C(C)O)C(C)NC(C)(C)C. The van der Waals surface area contributed by atoms with E-state index < -0.39 is 29.9 Å². The molecule has 0 saturated heterocycles. The van der Waals surface area contributed by atoms with E-state index in [1.807, 2.05) is 20.8 Å². The lowest BCUT2D eigenvalue weighted by molar-refractivity contribution is -0.265. The maximum atomic E-state index is 11.9. The third-order valence-electron chi connectivity index (χ3n) is 2.86. The summed E-state index contributed by atoms with van der Waals surface area (Å²) in [5, 5.41) is 13.3. The van der Waals surface area contributed by atoms with Gasteiger partial charge in [-0.1, -0.05) is 13.2 Å². The Morgan fingerprint density at radius 1 is 1.23 bits per heavy atom. The van der Waals surface area contributed by atoms with Crippen LogP contribution >= 0.6 is 0 Å². The molecule has 0 aromatic heterocycles. The molecule has 2 N–H and O–H groups in total. The van der Waals surface area contributed by atoms with Crippen LogP contribution in [0.1, 0.15) is 41.5 Å². The maximum absolute atomic E-state index is 11.9. The molecule has 0 heterocycles. The first-order valence-electron chi connectivity index (χ1n) is 7.05. The van der Waals surface area contributed by atoms with Crippen molar-refractivity contribution in [1.82, 2.24) is 5.32 Å². The third-order valence-corrected chi connectivity index (χ3v) is 2.86. The molecule has 126 valence electrons. The van der Waals surface area contributed by atoms with Crippen LogP contribution in [0.15, 0.2) is 24.8 Å². The van der Waals surface area contributed by atoms with Gasteiger partial charge in [0.1, 0.15) is 6.10 Å². The van der Waals surface area contributed by atoms with Crippen molar-refractivity contribution in [2.75, 3.05) is 0 Å². The van der Waals surface area contributed by atoms with Gasteiger partial charge in [0.2, 0.25) is 0 Å². The highest BCUT2D eigenvalue weighted by Gasteiger charge is 2.49. The standard InChI is InChI=1S/C16H27NO5/c1-9-13(19)21-16(12(5)18,22-14(20)10(2)3)11(4)17-15(6,7)8/h9,11-12,17-18H,1-2H2,3-8H3. The summed E-state index contributed by atoms with van der Waals surface area (Å²) in [5.74, 6) is -3.47. The van der Waals surface area contributed by atoms with E-state index in [0.717, 1.165) is 6.08 Å². The summed E-state index contributed by atoms with van der Waals surface area (Å²) in [6.07, 6.45) is -0.334. The molecule has 6 nitrogen and oxygen atoms in total. The summed E-state index contributed by atoms with van der Waals surface area (Å²) < 4.78 is 10.5. The van der Waals surface area contributed by atoms with Crippen LogP contribution in [0.4, 0.5) is 0 Å². The Labute approximate surface area is 132 Å². The number of aliphatic hydroxyl groups excluding tert-OH is 1. The average molecular weight is 313 g/mol. The number of rotatable bonds is 7. The van der Waals surface area contributed by atoms with E-state index in [9.17, 15) is 14.7 Å². The fourth-order valence-electron chi connectivity index (χ4n) is 1.91. The van der Waals surface area contributed by atoms with Crippen LogP contribution in [0, 0.1) is 0 Å². The molecule has 0 aromatic rings. The van der Waals surface area contributed by atoms with Crippen LogP contribution in [0.5, 0.6) is 0 Å². The Morgan fingerprint density at radius 2 is 1.73 bits per heavy atom. The second kappa shape index (κ2) is 7.56. The smallest absolute Gasteiger partial charge is 0.336 e. The summed E-state index contributed by atoms with van der Waals surface area (Å²) in [6.45, 7) is 17.0. The highest BCUT2D eigenvalue weighted by Crippen LogP contribution is 2.26. The quantitative estimate of drug-likeness (QED) is 0.423. The predicted molar refractivity (Wildman–Crippen MR) is 84.0 cm³/mol. The van der Waals surface area contributed by atoms with Gasteiger partial charge < -0.3 is 19.9 Å². The van der Waals surface area contributed by atoms with Crippen LogP contribution < -0.4 is 5.32 Å². The highest BCUT2D eigenvalue weighted by atomic mass is 16.7. The molecule has 0 fully saturated rings. The van der Waals surface area contributed by atoms with Crippen LogP contribution in [0.2, 0.25) is 0 Å². The number of carbonyl (C=O) groups excluding carboxylic acids is 2. The topological polar surface area (TPSA) is 84.9 Å². The molecule has 0 radical (unpaired) electrons. The molecule has 22 heavy (non-hydrogen) atoms. The monoisotopic (exact) mass is 313 g/mol. The first-order chi connectivity index (χ1) is 9.85. The molecule has 6 heteroatoms. The van der Waals surface area contributed by atoms with E-state index in [0.29, 0.717) is 0 Å². The lowest BCUT2D eigenvalue weighted by atomic mass is 9.98. The van der Waals surface area contributed by atoms with Gasteiger partial charge in [-0.3, -0.25) is 0 Å². The van der Waals surface area contributed by atoms with Crippen LogP contribution in [-0.2, 0) is 19.1 Å². The van der Waals surface area contributed by atoms with Gasteiger partial charge in [0.05, 0.1) is 6.04 Å². The van der Waals surface area contributed by atoms with E-state index >= 15 is 0 Å². The molecular weight excluding hydrogens is 286 g/mol. The Morgan fingerprint density at radius 3 is 2.05 bits per heavy atom. The zero-order chi connectivity index (χ0) is 17.7. The van der Waals surface area contributed by atoms with Crippen molar-refractivity contribution in [1.29, 1.82) is 0 Å². The molecule has 0 aliphatic heterocycles. The molecule has 0 rings (SSSR count). The molecular formula is C16H27NO5. The minimum Gasteiger partial charge on any atom is -0.415 e. The molecule has 0 bridgehead atoms. The third kappa shape index (κ3) is 5.61. The Balaban J connectivity index is 5.74. The van der Waals surface area contributed by atoms with Crippen LogP contribution in [0.3, 0.4) is 0 Å². The van der Waals surface area contributed by atoms with Crippen molar-refractivity contribution in [2.45, 2.75) is 65.0 Å². The Bertz CT molecular complexity index is 450. The fourth-order valence-corrected chi connectivity index (χ4v) is 1.91. The Hall–Kier alpha value is -1.66. The number of carbonyl (C=O) groups is 2. The Kier molecular flexibility index (Phi) is 6.99. The van der Waals surface area contributed by atoms with Crippen LogP contribution in [0.25, 0.3) is 0 Å². The lowest BCUT2D eigenvalue weighted by Crippen LogP contribution is -2.63. The number of hydrogen-bond donors (Lipinski definition) is 2. The van der Waals surface area contributed by atoms with Gasteiger partial charge in [0, 0.05) is 17.2 Å². The zero-order valence-electron chi connectivity index (χ0n) is 14.2. The summed E-state index contributed by atoms with van der Waals surface area (Å²) >= 11 is 0. The highest BCUT2D eigenvalue weighted by molar-refractivity contribution is 5.87. The average Bonchev–Trinajstić information content (AvgIpc) is 2.34. The molecule has 0 aliphatic rings. The van der Waals surface area contributed by atoms with Gasteiger partial charge in [-0.15, -0.1) is 0 Å². The van der Waals surface area contributed by atoms with E-state index in [2.05, 4.69) is 18.5 Å². The normalized spacial score (nSPS) is 16.9. The van der Waals surface area contributed by atoms with Gasteiger partial charge in [-0.25, -0.2) is 9.59 Å². The van der Waals surface area contributed by atoms with Gasteiger partial charge in [0.15, 0.2) is 0 Å². The van der Waals surface area contributed by atoms with E-state index in [4.69, 9.17) is 9.47 Å². The van der Waals surface area contributed by atoms with Crippen molar-refractivity contribution in [3.05, 3.63) is 24.8 Å². The summed E-state index contributed by atoms with van der Waals surface area (Å²) in [7, 11) is 0. The van der Waals surface area contributed by atoms with E-state index in [1.54, 1.807) is 6.92 Å². The number of aliphatic hydroxyl groups is 1. The molecule has 3 unspecified atom stereocenters. The van der Waals surface area contributed by atoms with Crippen LogP contribution in [-0.4, -0.2) is 40.5 Å². The zero-order valence-corrected chi connectivity index (χ0v) is 14.2. The minimum atomic E-state index is -1.89. The number of esters is 2. The van der Waals surface area contributed by atoms with Crippen molar-refractivity contribution >= 4 is 11.9 Å². The summed E-state index contributed by atoms with van der Waals surface area (Å²) in [4.78, 5) is 23.6. The van der Waals surface area contributed by atoms with Gasteiger partial charge >= 0.3 is 11.9 Å². The second-order valence-electron chi connectivity index (χ2n) is 6.31. The number of nitrogens with one attached hydrogen (secondary N) is 1. The number of ether oxygens (including phenoxy) is 2. The molecule has 0 amide bonds. The lowest BCUT2D eigenvalue weighted by Gasteiger charge is -2.42. The fraction of sp³-hybridized carbons (Fsp3) is 0.625. The largest absolute Gasteiger partial charge is 0.415 e. The molecule has 0 aliphatic carbocycles. The van der Waals surface area contributed by atoms with Crippen molar-refractivity contribution in [3.8, 4) is 0 Å². The second-order valence-corrected chi connectivity index (χ2v) is 6.31. The van der Waals surface area contributed by atoms with Gasteiger partial charge in [0.25, 0.3) is 5.79 Å². The van der Waals surface area contributed by atoms with Crippen molar-refractivity contribution < 1.29 is 24.2 Å². The number of hydrogen-bond acceptors (Lipinski definition) is 6.